The van der Waals surface area contributed by atoms with Crippen LogP contribution < -0.4 is 20.7 Å². The maximum absolute atomic E-state index is 12.6. The van der Waals surface area contributed by atoms with Crippen molar-refractivity contribution in [3.63, 3.8) is 0 Å². The summed E-state index contributed by atoms with van der Waals surface area (Å²) in [5, 5.41) is 11.3. The number of aliphatic hydroxyl groups is 1. The van der Waals surface area contributed by atoms with Crippen LogP contribution in [-0.2, 0) is 19.8 Å². The average molecular weight is 573 g/mol. The maximum Gasteiger partial charge on any atom is 0.330 e. The van der Waals surface area contributed by atoms with Crippen LogP contribution >= 0.6 is 0 Å². The average Bonchev–Trinajstić information content (AvgIpc) is 3.33. The molecule has 1 aromatic heterocycles. The quantitative estimate of drug-likeness (QED) is 0.207. The number of nitrogens with zero attached hydrogens (tertiary/aromatic N) is 1. The Balaban J connectivity index is 1.57. The molecule has 0 spiro atoms. The third-order valence-corrected chi connectivity index (χ3v) is 7.33. The number of hydrogen-bond donors (Lipinski definition) is 2. The molecule has 10 heteroatoms. The maximum atomic E-state index is 12.6. The zero-order chi connectivity index (χ0) is 29.7. The second-order valence-electron chi connectivity index (χ2n) is 9.66. The first-order valence-electron chi connectivity index (χ1n) is 13.3. The minimum Gasteiger partial charge on any atom is -0.497 e. The summed E-state index contributed by atoms with van der Waals surface area (Å²) in [6.45, 7) is 3.50. The van der Waals surface area contributed by atoms with E-state index in [1.165, 1.54) is 18.5 Å². The Bertz CT molecular complexity index is 1550. The number of aliphatic hydroxyl groups excluding tert-OH is 1. The lowest BCUT2D eigenvalue weighted by Crippen LogP contribution is -2.40. The standard InChI is InChI=1S/C32H32N2O8/c1-4-40-29-28(36)26(42-30(29)34-19-18-27(35)33-31(34)37)20-41-32(21-8-6-5-7-9-21,22-10-14-24(38-2)15-11-22)23-12-16-25(39-3)17-13-23/h4-19,26,28-30,36H,1,20H2,2-3H3,(H,33,35,37)/t26-,28-,29-,30-/m1/s1. The van der Waals surface area contributed by atoms with Crippen molar-refractivity contribution in [2.75, 3.05) is 20.8 Å². The van der Waals surface area contributed by atoms with Gasteiger partial charge in [0.15, 0.2) is 12.3 Å². The molecule has 0 amide bonds. The van der Waals surface area contributed by atoms with Crippen molar-refractivity contribution >= 4 is 0 Å². The molecule has 10 nitrogen and oxygen atoms in total. The predicted molar refractivity (Wildman–Crippen MR) is 155 cm³/mol. The summed E-state index contributed by atoms with van der Waals surface area (Å²) in [5.74, 6) is 1.37. The van der Waals surface area contributed by atoms with Crippen LogP contribution in [0.5, 0.6) is 11.5 Å². The lowest BCUT2D eigenvalue weighted by molar-refractivity contribution is -0.0960. The van der Waals surface area contributed by atoms with Crippen LogP contribution in [0.1, 0.15) is 22.9 Å². The second kappa shape index (κ2) is 12.5. The van der Waals surface area contributed by atoms with Gasteiger partial charge in [-0.25, -0.2) is 4.79 Å². The molecule has 4 aromatic rings. The van der Waals surface area contributed by atoms with Gasteiger partial charge in [0.2, 0.25) is 0 Å². The van der Waals surface area contributed by atoms with Crippen LogP contribution in [0.2, 0.25) is 0 Å². The van der Waals surface area contributed by atoms with Crippen molar-refractivity contribution in [2.45, 2.75) is 30.1 Å². The zero-order valence-corrected chi connectivity index (χ0v) is 23.2. The van der Waals surface area contributed by atoms with Crippen LogP contribution in [0.3, 0.4) is 0 Å². The lowest BCUT2D eigenvalue weighted by Gasteiger charge is -2.37. The van der Waals surface area contributed by atoms with Crippen LogP contribution in [0.4, 0.5) is 0 Å². The zero-order valence-electron chi connectivity index (χ0n) is 23.2. The Morgan fingerprint density at radius 2 is 1.48 bits per heavy atom. The number of rotatable bonds is 11. The Morgan fingerprint density at radius 1 is 0.905 bits per heavy atom. The molecular formula is C32H32N2O8. The Morgan fingerprint density at radius 3 is 2.00 bits per heavy atom. The highest BCUT2D eigenvalue weighted by molar-refractivity contribution is 5.49. The number of aromatic nitrogens is 2. The van der Waals surface area contributed by atoms with E-state index in [-0.39, 0.29) is 6.61 Å². The van der Waals surface area contributed by atoms with Crippen LogP contribution in [0.25, 0.3) is 0 Å². The fourth-order valence-corrected chi connectivity index (χ4v) is 5.25. The molecule has 5 rings (SSSR count). The molecule has 2 N–H and O–H groups in total. The first-order valence-corrected chi connectivity index (χ1v) is 13.3. The van der Waals surface area contributed by atoms with E-state index < -0.39 is 41.4 Å². The van der Waals surface area contributed by atoms with Crippen LogP contribution in [0, 0.1) is 0 Å². The molecule has 0 aliphatic carbocycles. The predicted octanol–water partition coefficient (Wildman–Crippen LogP) is 3.35. The molecule has 0 bridgehead atoms. The number of hydrogen-bond acceptors (Lipinski definition) is 8. The largest absolute Gasteiger partial charge is 0.497 e. The van der Waals surface area contributed by atoms with Gasteiger partial charge in [0.1, 0.15) is 29.3 Å². The highest BCUT2D eigenvalue weighted by Gasteiger charge is 2.48. The molecule has 218 valence electrons. The normalized spacial score (nSPS) is 20.2. The van der Waals surface area contributed by atoms with Crippen molar-refractivity contribution in [3.8, 4) is 11.5 Å². The summed E-state index contributed by atoms with van der Waals surface area (Å²) in [6.07, 6.45) is -1.69. The van der Waals surface area contributed by atoms with E-state index in [0.717, 1.165) is 21.3 Å². The number of benzene rings is 3. The van der Waals surface area contributed by atoms with Gasteiger partial charge >= 0.3 is 5.69 Å². The molecule has 1 saturated heterocycles. The van der Waals surface area contributed by atoms with Gasteiger partial charge in [0.05, 0.1) is 27.1 Å². The van der Waals surface area contributed by atoms with Gasteiger partial charge in [-0.1, -0.05) is 61.2 Å². The van der Waals surface area contributed by atoms with Crippen molar-refractivity contribution in [3.05, 3.63) is 141 Å². The molecule has 0 saturated carbocycles. The molecule has 1 aliphatic rings. The van der Waals surface area contributed by atoms with Crippen molar-refractivity contribution in [2.24, 2.45) is 0 Å². The van der Waals surface area contributed by atoms with E-state index in [0.29, 0.717) is 11.5 Å². The fourth-order valence-electron chi connectivity index (χ4n) is 5.25. The molecule has 4 atom stereocenters. The van der Waals surface area contributed by atoms with E-state index in [4.69, 9.17) is 23.7 Å². The Hall–Kier alpha value is -4.64. The van der Waals surface area contributed by atoms with Gasteiger partial charge in [0, 0.05) is 12.3 Å². The second-order valence-corrected chi connectivity index (χ2v) is 9.66. The molecule has 0 unspecified atom stereocenters. The van der Waals surface area contributed by atoms with Crippen LogP contribution in [-0.4, -0.2) is 53.8 Å². The van der Waals surface area contributed by atoms with Gasteiger partial charge < -0.3 is 28.8 Å². The SMILES string of the molecule is C=CO[C@@H]1[C@H](O)[C@@H](COC(c2ccccc2)(c2ccc(OC)cc2)c2ccc(OC)cc2)O[C@H]1n1ccc(=O)[nH]c1=O. The Kier molecular flexibility index (Phi) is 8.58. The summed E-state index contributed by atoms with van der Waals surface area (Å²) in [7, 11) is 3.20. The van der Waals surface area contributed by atoms with E-state index in [1.54, 1.807) is 14.2 Å². The van der Waals surface area contributed by atoms with Crippen molar-refractivity contribution in [1.82, 2.24) is 9.55 Å². The Labute approximate surface area is 242 Å². The monoisotopic (exact) mass is 572 g/mol. The minimum atomic E-state index is -1.20. The summed E-state index contributed by atoms with van der Waals surface area (Å²) in [5.41, 5.74) is 0.0421. The highest BCUT2D eigenvalue weighted by atomic mass is 16.6. The molecule has 1 aliphatic heterocycles. The summed E-state index contributed by atoms with van der Waals surface area (Å²) < 4.78 is 30.6. The highest BCUT2D eigenvalue weighted by Crippen LogP contribution is 2.43. The molecule has 1 fully saturated rings. The molecule has 3 aromatic carbocycles. The number of methoxy groups -OCH3 is 2. The molecular weight excluding hydrogens is 540 g/mol. The van der Waals surface area contributed by atoms with Gasteiger partial charge in [-0.2, -0.15) is 0 Å². The minimum absolute atomic E-state index is 0.0975. The number of aromatic amines is 1. The van der Waals surface area contributed by atoms with E-state index in [9.17, 15) is 14.7 Å². The van der Waals surface area contributed by atoms with Crippen LogP contribution in [0.15, 0.2) is 114 Å². The smallest absolute Gasteiger partial charge is 0.330 e. The summed E-state index contributed by atoms with van der Waals surface area (Å²) in [6, 6.07) is 26.0. The van der Waals surface area contributed by atoms with Gasteiger partial charge in [-0.05, 0) is 41.0 Å². The topological polar surface area (TPSA) is 121 Å². The van der Waals surface area contributed by atoms with Gasteiger partial charge in [0.25, 0.3) is 5.56 Å². The van der Waals surface area contributed by atoms with E-state index in [2.05, 4.69) is 11.6 Å². The molecule has 42 heavy (non-hydrogen) atoms. The number of nitrogens with one attached hydrogen (secondary N) is 1. The van der Waals surface area contributed by atoms with E-state index >= 15 is 0 Å². The first kappa shape index (κ1) is 28.9. The van der Waals surface area contributed by atoms with Crippen molar-refractivity contribution in [1.29, 1.82) is 0 Å². The van der Waals surface area contributed by atoms with E-state index in [1.807, 2.05) is 78.9 Å². The number of ether oxygens (including phenoxy) is 5. The molecule has 0 radical (unpaired) electrons. The van der Waals surface area contributed by atoms with Crippen molar-refractivity contribution < 1.29 is 28.8 Å². The third kappa shape index (κ3) is 5.47. The van der Waals surface area contributed by atoms with Gasteiger partial charge in [-0.3, -0.25) is 14.3 Å². The third-order valence-electron chi connectivity index (χ3n) is 7.33. The molecule has 2 heterocycles. The van der Waals surface area contributed by atoms with Gasteiger partial charge in [-0.15, -0.1) is 0 Å². The first-order chi connectivity index (χ1) is 20.4. The number of H-pyrrole nitrogens is 1. The summed E-state index contributed by atoms with van der Waals surface area (Å²) >= 11 is 0. The lowest BCUT2D eigenvalue weighted by atomic mass is 9.80. The fraction of sp³-hybridized carbons (Fsp3) is 0.250. The summed E-state index contributed by atoms with van der Waals surface area (Å²) in [4.78, 5) is 26.4.